The van der Waals surface area contributed by atoms with Crippen molar-refractivity contribution in [2.45, 2.75) is 51.2 Å². The van der Waals surface area contributed by atoms with E-state index in [9.17, 15) is 5.11 Å². The summed E-state index contributed by atoms with van der Waals surface area (Å²) >= 11 is 0. The van der Waals surface area contributed by atoms with Crippen LogP contribution in [0.1, 0.15) is 44.3 Å². The van der Waals surface area contributed by atoms with Crippen LogP contribution >= 0.6 is 0 Å². The second-order valence-corrected chi connectivity index (χ2v) is 4.61. The van der Waals surface area contributed by atoms with Gasteiger partial charge in [-0.05, 0) is 12.8 Å². The lowest BCUT2D eigenvalue weighted by molar-refractivity contribution is 0.0469. The number of hydrogen-bond donors (Lipinski definition) is 2. The molecule has 1 fully saturated rings. The third kappa shape index (κ3) is 2.83. The van der Waals surface area contributed by atoms with Crippen LogP contribution in [0.2, 0.25) is 0 Å². The third-order valence-corrected chi connectivity index (χ3v) is 3.21. The van der Waals surface area contributed by atoms with Crippen LogP contribution in [-0.4, -0.2) is 22.2 Å². The molecule has 0 bridgehead atoms. The van der Waals surface area contributed by atoms with Gasteiger partial charge in [0.15, 0.2) is 0 Å². The van der Waals surface area contributed by atoms with Gasteiger partial charge in [-0.2, -0.15) is 0 Å². The van der Waals surface area contributed by atoms with Gasteiger partial charge in [0.05, 0.1) is 18.3 Å². The highest BCUT2D eigenvalue weighted by Gasteiger charge is 2.30. The minimum Gasteiger partial charge on any atom is -0.444 e. The predicted octanol–water partition coefficient (Wildman–Crippen LogP) is 1.63. The number of aryl methyl sites for hydroxylation is 1. The van der Waals surface area contributed by atoms with Crippen molar-refractivity contribution in [2.24, 2.45) is 0 Å². The van der Waals surface area contributed by atoms with Crippen LogP contribution in [-0.2, 0) is 13.0 Å². The Morgan fingerprint density at radius 3 is 2.88 bits per heavy atom. The third-order valence-electron chi connectivity index (χ3n) is 3.21. The SMILES string of the molecule is CCc1cnc(CNCC2(O)CCCC2)o1. The lowest BCUT2D eigenvalue weighted by Gasteiger charge is -2.21. The van der Waals surface area contributed by atoms with Crippen molar-refractivity contribution in [3.05, 3.63) is 17.8 Å². The Bertz CT molecular complexity index is 330. The number of aliphatic hydroxyl groups is 1. The fourth-order valence-corrected chi connectivity index (χ4v) is 2.21. The molecule has 1 aromatic heterocycles. The van der Waals surface area contributed by atoms with Crippen molar-refractivity contribution in [3.63, 3.8) is 0 Å². The Kier molecular flexibility index (Phi) is 3.61. The van der Waals surface area contributed by atoms with E-state index in [2.05, 4.69) is 10.3 Å². The van der Waals surface area contributed by atoms with Crippen LogP contribution in [0.15, 0.2) is 10.6 Å². The largest absolute Gasteiger partial charge is 0.444 e. The topological polar surface area (TPSA) is 58.3 Å². The van der Waals surface area contributed by atoms with Gasteiger partial charge in [0, 0.05) is 13.0 Å². The first-order chi connectivity index (χ1) is 7.72. The van der Waals surface area contributed by atoms with Gasteiger partial charge in [0.25, 0.3) is 0 Å². The molecule has 4 nitrogen and oxygen atoms in total. The van der Waals surface area contributed by atoms with Gasteiger partial charge in [-0.3, -0.25) is 0 Å². The molecule has 1 aromatic rings. The summed E-state index contributed by atoms with van der Waals surface area (Å²) in [5.74, 6) is 1.62. The molecule has 2 rings (SSSR count). The van der Waals surface area contributed by atoms with Crippen molar-refractivity contribution in [1.82, 2.24) is 10.3 Å². The fourth-order valence-electron chi connectivity index (χ4n) is 2.21. The van der Waals surface area contributed by atoms with E-state index in [1.54, 1.807) is 6.20 Å². The lowest BCUT2D eigenvalue weighted by Crippen LogP contribution is -2.37. The molecule has 2 N–H and O–H groups in total. The number of nitrogens with one attached hydrogen (secondary N) is 1. The Hall–Kier alpha value is -0.870. The molecule has 0 atom stereocenters. The molecule has 4 heteroatoms. The lowest BCUT2D eigenvalue weighted by atomic mass is 10.0. The monoisotopic (exact) mass is 224 g/mol. The first-order valence-electron chi connectivity index (χ1n) is 6.08. The van der Waals surface area contributed by atoms with Gasteiger partial charge in [-0.1, -0.05) is 19.8 Å². The predicted molar refractivity (Wildman–Crippen MR) is 61.0 cm³/mol. The molecule has 0 aromatic carbocycles. The Morgan fingerprint density at radius 1 is 1.50 bits per heavy atom. The zero-order chi connectivity index (χ0) is 11.4. The molecule has 1 aliphatic rings. The minimum atomic E-state index is -0.500. The molecule has 90 valence electrons. The van der Waals surface area contributed by atoms with E-state index in [1.807, 2.05) is 6.92 Å². The molecule has 0 amide bonds. The second kappa shape index (κ2) is 4.97. The molecule has 0 spiro atoms. The van der Waals surface area contributed by atoms with Crippen molar-refractivity contribution < 1.29 is 9.52 Å². The van der Waals surface area contributed by atoms with Gasteiger partial charge in [-0.15, -0.1) is 0 Å². The van der Waals surface area contributed by atoms with E-state index in [0.717, 1.165) is 37.9 Å². The van der Waals surface area contributed by atoms with Crippen LogP contribution in [0.5, 0.6) is 0 Å². The smallest absolute Gasteiger partial charge is 0.208 e. The standard InChI is InChI=1S/C12H20N2O2/c1-2-10-7-14-11(16-10)8-13-9-12(15)5-3-4-6-12/h7,13,15H,2-6,8-9H2,1H3. The highest BCUT2D eigenvalue weighted by atomic mass is 16.4. The molecule has 0 saturated heterocycles. The van der Waals surface area contributed by atoms with Crippen molar-refractivity contribution in [1.29, 1.82) is 0 Å². The summed E-state index contributed by atoms with van der Waals surface area (Å²) in [4.78, 5) is 4.16. The molecule has 0 aliphatic heterocycles. The van der Waals surface area contributed by atoms with E-state index in [1.165, 1.54) is 0 Å². The fraction of sp³-hybridized carbons (Fsp3) is 0.750. The number of oxazole rings is 1. The zero-order valence-electron chi connectivity index (χ0n) is 9.83. The summed E-state index contributed by atoms with van der Waals surface area (Å²) in [6, 6.07) is 0. The maximum Gasteiger partial charge on any atom is 0.208 e. The van der Waals surface area contributed by atoms with Gasteiger partial charge in [0.1, 0.15) is 5.76 Å². The maximum absolute atomic E-state index is 10.1. The highest BCUT2D eigenvalue weighted by molar-refractivity contribution is 4.94. The molecular formula is C12H20N2O2. The van der Waals surface area contributed by atoms with Crippen LogP contribution in [0.3, 0.4) is 0 Å². The average molecular weight is 224 g/mol. The van der Waals surface area contributed by atoms with Gasteiger partial charge >= 0.3 is 0 Å². The summed E-state index contributed by atoms with van der Waals surface area (Å²) in [6.45, 7) is 3.28. The number of aromatic nitrogens is 1. The molecule has 0 unspecified atom stereocenters. The first kappa shape index (κ1) is 11.6. The normalized spacial score (nSPS) is 19.1. The van der Waals surface area contributed by atoms with Crippen LogP contribution in [0.25, 0.3) is 0 Å². The Balaban J connectivity index is 1.75. The number of hydrogen-bond acceptors (Lipinski definition) is 4. The summed E-state index contributed by atoms with van der Waals surface area (Å²) < 4.78 is 5.48. The summed E-state index contributed by atoms with van der Waals surface area (Å²) in [5, 5.41) is 13.3. The zero-order valence-corrected chi connectivity index (χ0v) is 9.83. The molecule has 1 heterocycles. The van der Waals surface area contributed by atoms with Crippen LogP contribution < -0.4 is 5.32 Å². The van der Waals surface area contributed by atoms with Crippen LogP contribution in [0.4, 0.5) is 0 Å². The Labute approximate surface area is 96.1 Å². The average Bonchev–Trinajstić information content (AvgIpc) is 2.88. The van der Waals surface area contributed by atoms with Crippen molar-refractivity contribution in [2.75, 3.05) is 6.54 Å². The van der Waals surface area contributed by atoms with Gasteiger partial charge in [-0.25, -0.2) is 4.98 Å². The van der Waals surface area contributed by atoms with E-state index in [4.69, 9.17) is 4.42 Å². The van der Waals surface area contributed by atoms with Crippen molar-refractivity contribution >= 4 is 0 Å². The summed E-state index contributed by atoms with van der Waals surface area (Å²) in [5.41, 5.74) is -0.500. The molecule has 0 radical (unpaired) electrons. The van der Waals surface area contributed by atoms with E-state index in [-0.39, 0.29) is 0 Å². The van der Waals surface area contributed by atoms with Crippen molar-refractivity contribution in [3.8, 4) is 0 Å². The number of nitrogens with zero attached hydrogens (tertiary/aromatic N) is 1. The highest BCUT2D eigenvalue weighted by Crippen LogP contribution is 2.28. The van der Waals surface area contributed by atoms with Gasteiger partial charge < -0.3 is 14.8 Å². The van der Waals surface area contributed by atoms with E-state index >= 15 is 0 Å². The maximum atomic E-state index is 10.1. The van der Waals surface area contributed by atoms with Crippen LogP contribution in [0, 0.1) is 0 Å². The number of rotatable bonds is 5. The summed E-state index contributed by atoms with van der Waals surface area (Å²) in [6.07, 6.45) is 6.73. The summed E-state index contributed by atoms with van der Waals surface area (Å²) in [7, 11) is 0. The molecule has 1 saturated carbocycles. The van der Waals surface area contributed by atoms with E-state index < -0.39 is 5.60 Å². The first-order valence-corrected chi connectivity index (χ1v) is 6.08. The molecule has 16 heavy (non-hydrogen) atoms. The van der Waals surface area contributed by atoms with E-state index in [0.29, 0.717) is 19.0 Å². The minimum absolute atomic E-state index is 0.500. The molecule has 1 aliphatic carbocycles. The van der Waals surface area contributed by atoms with Gasteiger partial charge in [0.2, 0.25) is 5.89 Å². The second-order valence-electron chi connectivity index (χ2n) is 4.61. The molecular weight excluding hydrogens is 204 g/mol. The quantitative estimate of drug-likeness (QED) is 0.798. The Morgan fingerprint density at radius 2 is 2.25 bits per heavy atom.